The average molecular weight is 469 g/mol. The van der Waals surface area contributed by atoms with Gasteiger partial charge in [0.2, 0.25) is 15.9 Å². The van der Waals surface area contributed by atoms with E-state index < -0.39 is 21.8 Å². The van der Waals surface area contributed by atoms with E-state index in [9.17, 15) is 26.4 Å². The minimum Gasteiger partial charge on any atom is -0.406 e. The van der Waals surface area contributed by atoms with E-state index in [1.807, 2.05) is 0 Å². The Hall–Kier alpha value is -2.66. The highest BCUT2D eigenvalue weighted by atomic mass is 32.2. The Morgan fingerprint density at radius 2 is 1.66 bits per heavy atom. The molecule has 32 heavy (non-hydrogen) atoms. The van der Waals surface area contributed by atoms with Crippen molar-refractivity contribution in [3.63, 3.8) is 0 Å². The van der Waals surface area contributed by atoms with Crippen LogP contribution in [0.15, 0.2) is 47.5 Å². The summed E-state index contributed by atoms with van der Waals surface area (Å²) in [5, 5.41) is 0. The van der Waals surface area contributed by atoms with Gasteiger partial charge in [-0.15, -0.1) is 13.2 Å². The highest BCUT2D eigenvalue weighted by molar-refractivity contribution is 7.89. The number of amides is 1. The number of hydrogen-bond acceptors (Lipinski definition) is 5. The number of carbonyl (C=O) groups is 1. The van der Waals surface area contributed by atoms with Crippen LogP contribution >= 0.6 is 0 Å². The zero-order valence-corrected chi connectivity index (χ0v) is 18.1. The number of ether oxygens (including phenoxy) is 1. The molecular formula is C21H22F3N3O4S. The second-order valence-corrected chi connectivity index (χ2v) is 9.93. The van der Waals surface area contributed by atoms with Crippen LogP contribution in [-0.4, -0.2) is 49.6 Å². The minimum atomic E-state index is -4.78. The molecule has 2 fully saturated rings. The lowest BCUT2D eigenvalue weighted by molar-refractivity contribution is -0.274. The second-order valence-electron chi connectivity index (χ2n) is 8.02. The summed E-state index contributed by atoms with van der Waals surface area (Å²) >= 11 is 0. The van der Waals surface area contributed by atoms with Gasteiger partial charge in [0.25, 0.3) is 0 Å². The first-order chi connectivity index (χ1) is 15.0. The summed E-state index contributed by atoms with van der Waals surface area (Å²) in [7, 11) is -3.70. The monoisotopic (exact) mass is 469 g/mol. The second kappa shape index (κ2) is 8.04. The van der Waals surface area contributed by atoms with Crippen LogP contribution in [0.4, 0.5) is 18.9 Å². The third-order valence-corrected chi connectivity index (χ3v) is 8.18. The number of sulfonamides is 1. The SMILES string of the molecule is Cc1ncccc1S(=O)(=O)N1CCC2(CCN(c3ccc(OC(F)(F)F)cc3)C2=O)CC1. The highest BCUT2D eigenvalue weighted by Gasteiger charge is 2.50. The maximum absolute atomic E-state index is 13.2. The lowest BCUT2D eigenvalue weighted by Crippen LogP contribution is -2.46. The van der Waals surface area contributed by atoms with Crippen LogP contribution < -0.4 is 9.64 Å². The molecule has 1 aromatic carbocycles. The number of anilines is 1. The standard InChI is InChI=1S/C21H22F3N3O4S/c1-15-18(3-2-11-25-15)32(29,30)26-12-8-20(9-13-26)10-14-27(19(20)28)16-4-6-17(7-5-16)31-21(22,23)24/h2-7,11H,8-10,12-14H2,1H3. The van der Waals surface area contributed by atoms with Crippen LogP contribution in [0.5, 0.6) is 5.75 Å². The number of aromatic nitrogens is 1. The number of nitrogens with zero attached hydrogens (tertiary/aromatic N) is 3. The molecule has 0 saturated carbocycles. The average Bonchev–Trinajstić information content (AvgIpc) is 3.04. The molecule has 0 unspecified atom stereocenters. The fourth-order valence-corrected chi connectivity index (χ4v) is 6.01. The number of rotatable bonds is 4. The summed E-state index contributed by atoms with van der Waals surface area (Å²) in [6.45, 7) is 2.50. The maximum atomic E-state index is 13.2. The molecule has 2 saturated heterocycles. The number of piperidine rings is 1. The van der Waals surface area contributed by atoms with Crippen LogP contribution in [0.25, 0.3) is 0 Å². The molecule has 3 heterocycles. The van der Waals surface area contributed by atoms with Gasteiger partial charge in [0.05, 0.1) is 11.1 Å². The summed E-state index contributed by atoms with van der Waals surface area (Å²) < 4.78 is 68.3. The molecule has 0 radical (unpaired) electrons. The summed E-state index contributed by atoms with van der Waals surface area (Å²) in [6, 6.07) is 8.29. The number of alkyl halides is 3. The zero-order valence-electron chi connectivity index (χ0n) is 17.3. The number of benzene rings is 1. The van der Waals surface area contributed by atoms with E-state index >= 15 is 0 Å². The van der Waals surface area contributed by atoms with Crippen LogP contribution in [0.3, 0.4) is 0 Å². The fraction of sp³-hybridized carbons (Fsp3) is 0.429. The van der Waals surface area contributed by atoms with Crippen molar-refractivity contribution in [2.24, 2.45) is 5.41 Å². The van der Waals surface area contributed by atoms with Gasteiger partial charge in [-0.1, -0.05) is 0 Å². The van der Waals surface area contributed by atoms with Gasteiger partial charge in [0.15, 0.2) is 0 Å². The first-order valence-corrected chi connectivity index (χ1v) is 11.6. The lowest BCUT2D eigenvalue weighted by atomic mass is 9.77. The van der Waals surface area contributed by atoms with Gasteiger partial charge in [-0.25, -0.2) is 8.42 Å². The van der Waals surface area contributed by atoms with Crippen molar-refractivity contribution in [2.75, 3.05) is 24.5 Å². The molecular weight excluding hydrogens is 447 g/mol. The highest BCUT2D eigenvalue weighted by Crippen LogP contribution is 2.44. The molecule has 1 aromatic heterocycles. The summed E-state index contributed by atoms with van der Waals surface area (Å²) in [5.74, 6) is -0.483. The van der Waals surface area contributed by atoms with Gasteiger partial charge in [-0.05, 0) is 62.6 Å². The third-order valence-electron chi connectivity index (χ3n) is 6.15. The van der Waals surface area contributed by atoms with E-state index in [1.54, 1.807) is 17.9 Å². The molecule has 2 aliphatic rings. The first-order valence-electron chi connectivity index (χ1n) is 10.1. The van der Waals surface area contributed by atoms with E-state index in [4.69, 9.17) is 0 Å². The number of aryl methyl sites for hydroxylation is 1. The van der Waals surface area contributed by atoms with E-state index in [1.165, 1.54) is 40.8 Å². The van der Waals surface area contributed by atoms with Crippen LogP contribution in [0.1, 0.15) is 25.0 Å². The quantitative estimate of drug-likeness (QED) is 0.685. The normalized spacial score (nSPS) is 19.5. The largest absolute Gasteiger partial charge is 0.573 e. The summed E-state index contributed by atoms with van der Waals surface area (Å²) in [4.78, 5) is 19.0. The summed E-state index contributed by atoms with van der Waals surface area (Å²) in [5.41, 5.74) is 0.244. The van der Waals surface area contributed by atoms with Crippen molar-refractivity contribution in [3.8, 4) is 5.75 Å². The number of halogens is 3. The maximum Gasteiger partial charge on any atom is 0.573 e. The molecule has 1 spiro atoms. The molecule has 0 aliphatic carbocycles. The third kappa shape index (κ3) is 4.18. The van der Waals surface area contributed by atoms with Gasteiger partial charge >= 0.3 is 6.36 Å². The fourth-order valence-electron chi connectivity index (χ4n) is 4.39. The van der Waals surface area contributed by atoms with E-state index in [0.29, 0.717) is 37.2 Å². The molecule has 4 rings (SSSR count). The Kier molecular flexibility index (Phi) is 5.66. The Morgan fingerprint density at radius 1 is 1.03 bits per heavy atom. The number of carbonyl (C=O) groups excluding carboxylic acids is 1. The number of hydrogen-bond donors (Lipinski definition) is 0. The van der Waals surface area contributed by atoms with Gasteiger partial charge in [0, 0.05) is 31.5 Å². The molecule has 7 nitrogen and oxygen atoms in total. The van der Waals surface area contributed by atoms with Crippen molar-refractivity contribution in [1.29, 1.82) is 0 Å². The lowest BCUT2D eigenvalue weighted by Gasteiger charge is -2.37. The van der Waals surface area contributed by atoms with Gasteiger partial charge in [0.1, 0.15) is 10.6 Å². The molecule has 2 aliphatic heterocycles. The topological polar surface area (TPSA) is 79.8 Å². The Labute approximate surface area is 183 Å². The molecule has 2 aromatic rings. The van der Waals surface area contributed by atoms with Crippen LogP contribution in [0.2, 0.25) is 0 Å². The van der Waals surface area contributed by atoms with Gasteiger partial charge in [-0.3, -0.25) is 9.78 Å². The van der Waals surface area contributed by atoms with Gasteiger partial charge < -0.3 is 9.64 Å². The molecule has 0 atom stereocenters. The molecule has 11 heteroatoms. The van der Waals surface area contributed by atoms with Crippen LogP contribution in [0, 0.1) is 12.3 Å². The Morgan fingerprint density at radius 3 is 2.25 bits per heavy atom. The van der Waals surface area contributed by atoms with Crippen molar-refractivity contribution in [1.82, 2.24) is 9.29 Å². The van der Waals surface area contributed by atoms with E-state index in [2.05, 4.69) is 9.72 Å². The first kappa shape index (κ1) is 22.5. The molecule has 0 N–H and O–H groups in total. The minimum absolute atomic E-state index is 0.128. The van der Waals surface area contributed by atoms with E-state index in [0.717, 1.165) is 0 Å². The zero-order chi connectivity index (χ0) is 23.1. The Bertz CT molecular complexity index is 1110. The van der Waals surface area contributed by atoms with Crippen molar-refractivity contribution >= 4 is 21.6 Å². The predicted octanol–water partition coefficient (Wildman–Crippen LogP) is 3.50. The van der Waals surface area contributed by atoms with E-state index in [-0.39, 0.29) is 29.6 Å². The summed E-state index contributed by atoms with van der Waals surface area (Å²) in [6.07, 6.45) is -1.91. The Balaban J connectivity index is 1.45. The predicted molar refractivity (Wildman–Crippen MR) is 109 cm³/mol. The number of pyridine rings is 1. The molecule has 1 amide bonds. The van der Waals surface area contributed by atoms with Crippen molar-refractivity contribution < 1.29 is 31.1 Å². The van der Waals surface area contributed by atoms with Crippen molar-refractivity contribution in [3.05, 3.63) is 48.3 Å². The smallest absolute Gasteiger partial charge is 0.406 e. The molecule has 172 valence electrons. The molecule has 0 bridgehead atoms. The van der Waals surface area contributed by atoms with Crippen LogP contribution in [-0.2, 0) is 14.8 Å². The van der Waals surface area contributed by atoms with Crippen molar-refractivity contribution in [2.45, 2.75) is 37.4 Å². The van der Waals surface area contributed by atoms with Gasteiger partial charge in [-0.2, -0.15) is 4.31 Å².